The summed E-state index contributed by atoms with van der Waals surface area (Å²) in [7, 11) is 3.92. The average molecular weight is 447 g/mol. The van der Waals surface area contributed by atoms with Crippen molar-refractivity contribution in [3.63, 3.8) is 0 Å². The SMILES string of the molecule is CN(C)CCOc1cc(NC(=O)[C@@H]2CCN(c3cccc(Br)c3)C2=O)ccn1. The highest BCUT2D eigenvalue weighted by atomic mass is 79.9. The molecule has 1 saturated heterocycles. The van der Waals surface area contributed by atoms with Crippen molar-refractivity contribution in [3.05, 3.63) is 47.1 Å². The number of nitrogens with zero attached hydrogens (tertiary/aromatic N) is 3. The molecule has 0 saturated carbocycles. The second kappa shape index (κ2) is 9.16. The summed E-state index contributed by atoms with van der Waals surface area (Å²) in [5, 5.41) is 2.81. The van der Waals surface area contributed by atoms with E-state index in [1.807, 2.05) is 43.3 Å². The highest BCUT2D eigenvalue weighted by molar-refractivity contribution is 9.10. The molecule has 148 valence electrons. The van der Waals surface area contributed by atoms with Gasteiger partial charge in [0.15, 0.2) is 0 Å². The van der Waals surface area contributed by atoms with Gasteiger partial charge in [-0.3, -0.25) is 9.59 Å². The number of benzene rings is 1. The molecule has 1 aliphatic heterocycles. The number of pyridine rings is 1. The first-order chi connectivity index (χ1) is 13.4. The third-order valence-corrected chi connectivity index (χ3v) is 4.93. The summed E-state index contributed by atoms with van der Waals surface area (Å²) in [6.07, 6.45) is 2.05. The third kappa shape index (κ3) is 5.08. The van der Waals surface area contributed by atoms with Gasteiger partial charge in [0, 0.05) is 41.2 Å². The van der Waals surface area contributed by atoms with E-state index in [0.717, 1.165) is 16.7 Å². The van der Waals surface area contributed by atoms with Gasteiger partial charge >= 0.3 is 0 Å². The second-order valence-electron chi connectivity index (χ2n) is 6.83. The van der Waals surface area contributed by atoms with E-state index < -0.39 is 5.92 Å². The Hall–Kier alpha value is -2.45. The lowest BCUT2D eigenvalue weighted by Gasteiger charge is -2.17. The number of halogens is 1. The maximum Gasteiger partial charge on any atom is 0.239 e. The number of amides is 2. The third-order valence-electron chi connectivity index (χ3n) is 4.43. The van der Waals surface area contributed by atoms with Crippen molar-refractivity contribution >= 4 is 39.1 Å². The minimum absolute atomic E-state index is 0.188. The van der Waals surface area contributed by atoms with Crippen LogP contribution in [0.1, 0.15) is 6.42 Å². The first kappa shape index (κ1) is 20.3. The summed E-state index contributed by atoms with van der Waals surface area (Å²) in [6.45, 7) is 1.78. The van der Waals surface area contributed by atoms with Gasteiger partial charge in [-0.05, 0) is 44.8 Å². The molecule has 3 rings (SSSR count). The Morgan fingerprint density at radius 3 is 2.93 bits per heavy atom. The first-order valence-corrected chi connectivity index (χ1v) is 9.85. The Kier molecular flexibility index (Phi) is 6.64. The van der Waals surface area contributed by atoms with E-state index in [1.54, 1.807) is 23.2 Å². The van der Waals surface area contributed by atoms with E-state index in [-0.39, 0.29) is 11.8 Å². The van der Waals surface area contributed by atoms with Gasteiger partial charge in [0.1, 0.15) is 12.5 Å². The largest absolute Gasteiger partial charge is 0.476 e. The molecular weight excluding hydrogens is 424 g/mol. The molecule has 0 spiro atoms. The molecule has 1 N–H and O–H groups in total. The topological polar surface area (TPSA) is 74.8 Å². The van der Waals surface area contributed by atoms with Crippen molar-refractivity contribution in [1.82, 2.24) is 9.88 Å². The van der Waals surface area contributed by atoms with Crippen LogP contribution in [-0.4, -0.2) is 55.5 Å². The van der Waals surface area contributed by atoms with Crippen molar-refractivity contribution in [3.8, 4) is 5.88 Å². The van der Waals surface area contributed by atoms with Gasteiger partial charge in [0.2, 0.25) is 17.7 Å². The number of nitrogens with one attached hydrogen (secondary N) is 1. The fourth-order valence-corrected chi connectivity index (χ4v) is 3.34. The van der Waals surface area contributed by atoms with Crippen LogP contribution >= 0.6 is 15.9 Å². The molecule has 0 radical (unpaired) electrons. The van der Waals surface area contributed by atoms with Gasteiger partial charge in [-0.15, -0.1) is 0 Å². The fraction of sp³-hybridized carbons (Fsp3) is 0.350. The van der Waals surface area contributed by atoms with Gasteiger partial charge in [0.25, 0.3) is 0 Å². The van der Waals surface area contributed by atoms with Crippen LogP contribution in [-0.2, 0) is 9.59 Å². The zero-order chi connectivity index (χ0) is 20.1. The molecule has 0 aliphatic carbocycles. The van der Waals surface area contributed by atoms with Crippen LogP contribution in [0.25, 0.3) is 0 Å². The van der Waals surface area contributed by atoms with Crippen LogP contribution in [0.5, 0.6) is 5.88 Å². The van der Waals surface area contributed by atoms with Crippen LogP contribution < -0.4 is 15.0 Å². The van der Waals surface area contributed by atoms with Crippen molar-refractivity contribution in [1.29, 1.82) is 0 Å². The Balaban J connectivity index is 1.61. The lowest BCUT2D eigenvalue weighted by molar-refractivity contribution is -0.129. The minimum Gasteiger partial charge on any atom is -0.476 e. The Morgan fingerprint density at radius 1 is 1.36 bits per heavy atom. The van der Waals surface area contributed by atoms with E-state index in [9.17, 15) is 9.59 Å². The molecule has 28 heavy (non-hydrogen) atoms. The Labute approximate surface area is 172 Å². The van der Waals surface area contributed by atoms with Crippen LogP contribution in [0.3, 0.4) is 0 Å². The summed E-state index contributed by atoms with van der Waals surface area (Å²) in [6, 6.07) is 10.9. The molecule has 1 aromatic carbocycles. The number of ether oxygens (including phenoxy) is 1. The Morgan fingerprint density at radius 2 is 2.18 bits per heavy atom. The second-order valence-corrected chi connectivity index (χ2v) is 7.75. The molecule has 1 atom stereocenters. The molecule has 7 nitrogen and oxygen atoms in total. The number of carbonyl (C=O) groups excluding carboxylic acids is 2. The molecule has 8 heteroatoms. The molecule has 0 unspecified atom stereocenters. The number of carbonyl (C=O) groups is 2. The van der Waals surface area contributed by atoms with Crippen molar-refractivity contribution in [2.75, 3.05) is 44.0 Å². The quantitative estimate of drug-likeness (QED) is 0.661. The number of likely N-dealkylation sites (N-methyl/N-ethyl adjacent to an activating group) is 1. The van der Waals surface area contributed by atoms with Gasteiger partial charge in [-0.2, -0.15) is 0 Å². The number of rotatable bonds is 7. The molecule has 0 bridgehead atoms. The maximum atomic E-state index is 12.7. The lowest BCUT2D eigenvalue weighted by atomic mass is 10.1. The number of aromatic nitrogens is 1. The van der Waals surface area contributed by atoms with Crippen molar-refractivity contribution in [2.45, 2.75) is 6.42 Å². The molecule has 1 aromatic heterocycles. The summed E-state index contributed by atoms with van der Waals surface area (Å²) < 4.78 is 6.48. The molecule has 2 amide bonds. The molecule has 1 aliphatic rings. The number of hydrogen-bond donors (Lipinski definition) is 1. The number of hydrogen-bond acceptors (Lipinski definition) is 5. The zero-order valence-corrected chi connectivity index (χ0v) is 17.5. The number of anilines is 2. The van der Waals surface area contributed by atoms with E-state index in [1.165, 1.54) is 0 Å². The van der Waals surface area contributed by atoms with Crippen LogP contribution in [0.4, 0.5) is 11.4 Å². The van der Waals surface area contributed by atoms with E-state index in [4.69, 9.17) is 4.74 Å². The minimum atomic E-state index is -0.703. The lowest BCUT2D eigenvalue weighted by Crippen LogP contribution is -2.33. The normalized spacial score (nSPS) is 16.5. The van der Waals surface area contributed by atoms with E-state index >= 15 is 0 Å². The summed E-state index contributed by atoms with van der Waals surface area (Å²) >= 11 is 3.41. The maximum absolute atomic E-state index is 12.7. The average Bonchev–Trinajstić information content (AvgIpc) is 3.03. The summed E-state index contributed by atoms with van der Waals surface area (Å²) in [4.78, 5) is 33.2. The van der Waals surface area contributed by atoms with Gasteiger partial charge in [0.05, 0.1) is 0 Å². The zero-order valence-electron chi connectivity index (χ0n) is 15.9. The predicted octanol–water partition coefficient (Wildman–Crippen LogP) is 2.78. The van der Waals surface area contributed by atoms with E-state index in [2.05, 4.69) is 26.2 Å². The standard InChI is InChI=1S/C20H23BrN4O3/c1-24(2)10-11-28-18-13-15(6-8-22-18)23-19(26)17-7-9-25(20(17)27)16-5-3-4-14(21)12-16/h3-6,8,12-13,17H,7,9-11H2,1-2H3,(H,22,23,26)/t17-/m0/s1. The predicted molar refractivity (Wildman–Crippen MR) is 112 cm³/mol. The highest BCUT2D eigenvalue weighted by Gasteiger charge is 2.37. The summed E-state index contributed by atoms with van der Waals surface area (Å²) in [5.74, 6) is -0.765. The smallest absolute Gasteiger partial charge is 0.239 e. The van der Waals surface area contributed by atoms with Gasteiger partial charge in [-0.25, -0.2) is 4.98 Å². The molecular formula is C20H23BrN4O3. The van der Waals surface area contributed by atoms with E-state index in [0.29, 0.717) is 31.1 Å². The molecule has 2 aromatic rings. The Bertz CT molecular complexity index is 859. The first-order valence-electron chi connectivity index (χ1n) is 9.05. The van der Waals surface area contributed by atoms with Crippen LogP contribution in [0, 0.1) is 5.92 Å². The monoisotopic (exact) mass is 446 g/mol. The fourth-order valence-electron chi connectivity index (χ4n) is 2.95. The van der Waals surface area contributed by atoms with Crippen molar-refractivity contribution in [2.24, 2.45) is 5.92 Å². The summed E-state index contributed by atoms with van der Waals surface area (Å²) in [5.41, 5.74) is 1.35. The molecule has 1 fully saturated rings. The highest BCUT2D eigenvalue weighted by Crippen LogP contribution is 2.28. The van der Waals surface area contributed by atoms with Gasteiger partial charge in [-0.1, -0.05) is 22.0 Å². The van der Waals surface area contributed by atoms with Crippen LogP contribution in [0.15, 0.2) is 47.1 Å². The van der Waals surface area contributed by atoms with Crippen molar-refractivity contribution < 1.29 is 14.3 Å². The van der Waals surface area contributed by atoms with Crippen LogP contribution in [0.2, 0.25) is 0 Å². The molecule has 2 heterocycles. The van der Waals surface area contributed by atoms with Gasteiger partial charge < -0.3 is 19.9 Å².